The monoisotopic (exact) mass is 307 g/mol. The predicted molar refractivity (Wildman–Crippen MR) is 91.0 cm³/mol. The van der Waals surface area contributed by atoms with Gasteiger partial charge in [-0.05, 0) is 60.9 Å². The molecule has 23 heavy (non-hydrogen) atoms. The van der Waals surface area contributed by atoms with Crippen LogP contribution in [0.5, 0.6) is 0 Å². The Morgan fingerprint density at radius 2 is 1.91 bits per heavy atom. The first kappa shape index (κ1) is 14.3. The molecule has 4 rings (SSSR count). The lowest BCUT2D eigenvalue weighted by Gasteiger charge is -2.38. The maximum Gasteiger partial charge on any atom is 0.335 e. The van der Waals surface area contributed by atoms with Crippen LogP contribution in [-0.4, -0.2) is 11.1 Å². The highest BCUT2D eigenvalue weighted by atomic mass is 16.4. The average molecular weight is 307 g/mol. The lowest BCUT2D eigenvalue weighted by molar-refractivity contribution is 0.0697. The van der Waals surface area contributed by atoms with Crippen molar-refractivity contribution in [1.82, 2.24) is 0 Å². The summed E-state index contributed by atoms with van der Waals surface area (Å²) in [6.45, 7) is 2.15. The van der Waals surface area contributed by atoms with Gasteiger partial charge < -0.3 is 10.4 Å². The molecule has 1 fully saturated rings. The van der Waals surface area contributed by atoms with Crippen LogP contribution >= 0.6 is 0 Å². The Labute approximate surface area is 136 Å². The van der Waals surface area contributed by atoms with Crippen LogP contribution in [0.25, 0.3) is 0 Å². The van der Waals surface area contributed by atoms with E-state index in [2.05, 4.69) is 30.4 Å². The first-order valence-corrected chi connectivity index (χ1v) is 8.34. The molecule has 1 aliphatic carbocycles. The lowest BCUT2D eigenvalue weighted by Crippen LogP contribution is -2.28. The van der Waals surface area contributed by atoms with E-state index < -0.39 is 5.97 Å². The fraction of sp³-hybridized carbons (Fsp3) is 0.350. The van der Waals surface area contributed by atoms with Crippen LogP contribution in [0.2, 0.25) is 0 Å². The van der Waals surface area contributed by atoms with E-state index in [1.54, 1.807) is 12.1 Å². The van der Waals surface area contributed by atoms with Gasteiger partial charge in [0.05, 0.1) is 11.6 Å². The summed E-state index contributed by atoms with van der Waals surface area (Å²) in [5.74, 6) is 0.350. The van der Waals surface area contributed by atoms with Crippen LogP contribution < -0.4 is 5.32 Å². The molecule has 1 aliphatic heterocycles. The van der Waals surface area contributed by atoms with Crippen molar-refractivity contribution in [3.05, 3.63) is 64.7 Å². The highest BCUT2D eigenvalue weighted by Gasteiger charge is 2.40. The molecule has 3 heteroatoms. The zero-order valence-electron chi connectivity index (χ0n) is 13.3. The molecule has 1 saturated carbocycles. The highest BCUT2D eigenvalue weighted by Crippen LogP contribution is 2.52. The van der Waals surface area contributed by atoms with Gasteiger partial charge in [-0.25, -0.2) is 4.79 Å². The minimum Gasteiger partial charge on any atom is -0.478 e. The van der Waals surface area contributed by atoms with E-state index in [9.17, 15) is 4.79 Å². The van der Waals surface area contributed by atoms with E-state index in [4.69, 9.17) is 5.11 Å². The fourth-order valence-corrected chi connectivity index (χ4v) is 4.33. The fourth-order valence-electron chi connectivity index (χ4n) is 4.33. The first-order chi connectivity index (χ1) is 11.1. The number of carboxylic acids is 1. The zero-order chi connectivity index (χ0) is 16.0. The molecule has 118 valence electrons. The molecule has 0 unspecified atom stereocenters. The highest BCUT2D eigenvalue weighted by molar-refractivity contribution is 5.87. The number of carbonyl (C=O) groups is 1. The number of benzene rings is 2. The largest absolute Gasteiger partial charge is 0.478 e. The lowest BCUT2D eigenvalue weighted by atomic mass is 9.77. The normalized spacial score (nSPS) is 25.3. The van der Waals surface area contributed by atoms with Gasteiger partial charge in [-0.3, -0.25) is 0 Å². The standard InChI is InChI=1S/C20H21NO2/c1-12-5-10-18-17(11-12)15-3-2-4-16(15)19(21-18)13-6-8-14(9-7-13)20(22)23/h5-11,15-16,19,21H,2-4H2,1H3,(H,22,23)/t15-,16+,19+/m1/s1. The third kappa shape index (κ3) is 2.40. The second kappa shape index (κ2) is 5.41. The van der Waals surface area contributed by atoms with Crippen molar-refractivity contribution in [1.29, 1.82) is 0 Å². The van der Waals surface area contributed by atoms with Gasteiger partial charge >= 0.3 is 5.97 Å². The molecule has 0 saturated heterocycles. The van der Waals surface area contributed by atoms with Crippen LogP contribution in [0.15, 0.2) is 42.5 Å². The van der Waals surface area contributed by atoms with Crippen molar-refractivity contribution < 1.29 is 9.90 Å². The van der Waals surface area contributed by atoms with Crippen molar-refractivity contribution in [3.8, 4) is 0 Å². The summed E-state index contributed by atoms with van der Waals surface area (Å²) in [7, 11) is 0. The van der Waals surface area contributed by atoms with Crippen molar-refractivity contribution in [2.75, 3.05) is 5.32 Å². The molecule has 0 amide bonds. The van der Waals surface area contributed by atoms with E-state index in [1.165, 1.54) is 41.6 Å². The second-order valence-corrected chi connectivity index (χ2v) is 6.84. The number of aromatic carboxylic acids is 1. The van der Waals surface area contributed by atoms with Crippen LogP contribution in [0.1, 0.15) is 58.3 Å². The molecule has 3 atom stereocenters. The van der Waals surface area contributed by atoms with Crippen LogP contribution in [-0.2, 0) is 0 Å². The number of rotatable bonds is 2. The van der Waals surface area contributed by atoms with Gasteiger partial charge in [0.25, 0.3) is 0 Å². The summed E-state index contributed by atoms with van der Waals surface area (Å²) < 4.78 is 0. The van der Waals surface area contributed by atoms with Gasteiger partial charge in [0.1, 0.15) is 0 Å². The maximum atomic E-state index is 11.1. The molecule has 2 aromatic carbocycles. The minimum atomic E-state index is -0.868. The van der Waals surface area contributed by atoms with Crippen molar-refractivity contribution >= 4 is 11.7 Å². The molecule has 2 aromatic rings. The molecule has 0 aromatic heterocycles. The summed E-state index contributed by atoms with van der Waals surface area (Å²) >= 11 is 0. The van der Waals surface area contributed by atoms with Crippen LogP contribution in [0, 0.1) is 12.8 Å². The Balaban J connectivity index is 1.72. The molecule has 3 nitrogen and oxygen atoms in total. The number of hydrogen-bond acceptors (Lipinski definition) is 2. The summed E-state index contributed by atoms with van der Waals surface area (Å²) in [6, 6.07) is 14.3. The van der Waals surface area contributed by atoms with E-state index in [-0.39, 0.29) is 6.04 Å². The Morgan fingerprint density at radius 1 is 1.13 bits per heavy atom. The van der Waals surface area contributed by atoms with Crippen LogP contribution in [0.4, 0.5) is 5.69 Å². The maximum absolute atomic E-state index is 11.1. The Hall–Kier alpha value is -2.29. The average Bonchev–Trinajstić information content (AvgIpc) is 3.04. The number of carboxylic acid groups (broad SMARTS) is 1. The van der Waals surface area contributed by atoms with E-state index in [0.29, 0.717) is 17.4 Å². The third-order valence-electron chi connectivity index (χ3n) is 5.43. The van der Waals surface area contributed by atoms with Crippen molar-refractivity contribution in [2.24, 2.45) is 5.92 Å². The molecule has 0 radical (unpaired) electrons. The first-order valence-electron chi connectivity index (χ1n) is 8.34. The topological polar surface area (TPSA) is 49.3 Å². The van der Waals surface area contributed by atoms with Gasteiger partial charge in [0.15, 0.2) is 0 Å². The van der Waals surface area contributed by atoms with Gasteiger partial charge in [0, 0.05) is 5.69 Å². The third-order valence-corrected chi connectivity index (χ3v) is 5.43. The summed E-state index contributed by atoms with van der Waals surface area (Å²) in [6.07, 6.45) is 3.76. The van der Waals surface area contributed by atoms with Crippen LogP contribution in [0.3, 0.4) is 0 Å². The van der Waals surface area contributed by atoms with Crippen molar-refractivity contribution in [2.45, 2.75) is 38.1 Å². The number of anilines is 1. The van der Waals surface area contributed by atoms with Gasteiger partial charge in [0.2, 0.25) is 0 Å². The van der Waals surface area contributed by atoms with E-state index in [1.807, 2.05) is 12.1 Å². The van der Waals surface area contributed by atoms with E-state index >= 15 is 0 Å². The smallest absolute Gasteiger partial charge is 0.335 e. The predicted octanol–water partition coefficient (Wildman–Crippen LogP) is 4.74. The molecular formula is C20H21NO2. The summed E-state index contributed by atoms with van der Waals surface area (Å²) in [5, 5.41) is 12.8. The SMILES string of the molecule is Cc1ccc2c(c1)[C@@H]1CCC[C@@H]1[C@H](c1ccc(C(=O)O)cc1)N2. The summed E-state index contributed by atoms with van der Waals surface area (Å²) in [5.41, 5.74) is 5.57. The van der Waals surface area contributed by atoms with Gasteiger partial charge in [-0.15, -0.1) is 0 Å². The number of hydrogen-bond donors (Lipinski definition) is 2. The van der Waals surface area contributed by atoms with Gasteiger partial charge in [-0.2, -0.15) is 0 Å². The molecule has 2 aliphatic rings. The zero-order valence-corrected chi connectivity index (χ0v) is 13.3. The number of fused-ring (bicyclic) bond motifs is 3. The molecule has 0 bridgehead atoms. The Morgan fingerprint density at radius 3 is 2.65 bits per heavy atom. The molecule has 0 spiro atoms. The Bertz CT molecular complexity index is 751. The van der Waals surface area contributed by atoms with Gasteiger partial charge in [-0.1, -0.05) is 36.2 Å². The van der Waals surface area contributed by atoms with Crippen molar-refractivity contribution in [3.63, 3.8) is 0 Å². The second-order valence-electron chi connectivity index (χ2n) is 6.84. The molecular weight excluding hydrogens is 286 g/mol. The molecule has 2 N–H and O–H groups in total. The number of nitrogens with one attached hydrogen (secondary N) is 1. The summed E-state index contributed by atoms with van der Waals surface area (Å²) in [4.78, 5) is 11.1. The van der Waals surface area contributed by atoms with E-state index in [0.717, 1.165) is 0 Å². The minimum absolute atomic E-state index is 0.278. The quantitative estimate of drug-likeness (QED) is 0.842. The Kier molecular flexibility index (Phi) is 3.37. The number of aryl methyl sites for hydroxylation is 1. The molecule has 1 heterocycles.